The van der Waals surface area contributed by atoms with Crippen LogP contribution < -0.4 is 0 Å². The highest BCUT2D eigenvalue weighted by atomic mass is 15.2. The summed E-state index contributed by atoms with van der Waals surface area (Å²) in [5.74, 6) is 0. The van der Waals surface area contributed by atoms with Crippen LogP contribution in [0.1, 0.15) is 27.8 Å². The molecule has 3 aromatic carbocycles. The lowest BCUT2D eigenvalue weighted by Crippen LogP contribution is -2.02. The summed E-state index contributed by atoms with van der Waals surface area (Å²) in [6.07, 6.45) is 1.82. The number of benzene rings is 3. The van der Waals surface area contributed by atoms with Crippen molar-refractivity contribution in [3.63, 3.8) is 0 Å². The molecule has 0 atom stereocenters. The van der Waals surface area contributed by atoms with Gasteiger partial charge in [0, 0.05) is 11.1 Å². The normalized spacial score (nSPS) is 10.8. The second-order valence-electron chi connectivity index (χ2n) is 5.79. The van der Waals surface area contributed by atoms with Crippen molar-refractivity contribution in [3.8, 4) is 0 Å². The van der Waals surface area contributed by atoms with Gasteiger partial charge in [0.05, 0.1) is 6.21 Å². The van der Waals surface area contributed by atoms with E-state index in [4.69, 9.17) is 0 Å². The van der Waals surface area contributed by atoms with Gasteiger partial charge in [0.25, 0.3) is 0 Å². The highest BCUT2D eigenvalue weighted by Gasteiger charge is 2.05. The van der Waals surface area contributed by atoms with Gasteiger partial charge < -0.3 is 0 Å². The summed E-state index contributed by atoms with van der Waals surface area (Å²) in [6.45, 7) is 4.18. The van der Waals surface area contributed by atoms with Crippen LogP contribution in [0.5, 0.6) is 0 Å². The molecule has 0 aromatic heterocycles. The molecule has 0 radical (unpaired) electrons. The van der Waals surface area contributed by atoms with E-state index in [1.54, 1.807) is 0 Å². The molecular formula is C22H20N2. The van der Waals surface area contributed by atoms with Crippen LogP contribution in [0.4, 0.5) is 0 Å². The molecule has 118 valence electrons. The maximum absolute atomic E-state index is 4.51. The van der Waals surface area contributed by atoms with Gasteiger partial charge in [-0.15, -0.1) is 5.10 Å². The molecule has 0 heterocycles. The van der Waals surface area contributed by atoms with E-state index in [9.17, 15) is 0 Å². The maximum atomic E-state index is 4.51. The fourth-order valence-electron chi connectivity index (χ4n) is 2.59. The van der Waals surface area contributed by atoms with Crippen molar-refractivity contribution >= 4 is 11.9 Å². The molecule has 0 amide bonds. The van der Waals surface area contributed by atoms with Gasteiger partial charge in [-0.2, -0.15) is 5.10 Å². The Morgan fingerprint density at radius 1 is 0.750 bits per heavy atom. The van der Waals surface area contributed by atoms with E-state index in [2.05, 4.69) is 66.5 Å². The topological polar surface area (TPSA) is 24.7 Å². The molecule has 0 aliphatic heterocycles. The monoisotopic (exact) mass is 312 g/mol. The van der Waals surface area contributed by atoms with E-state index in [0.29, 0.717) is 0 Å². The summed E-state index contributed by atoms with van der Waals surface area (Å²) in [7, 11) is 0. The predicted octanol–water partition coefficient (Wildman–Crippen LogP) is 5.17. The average molecular weight is 312 g/mol. The first kappa shape index (κ1) is 15.9. The molecule has 0 unspecified atom stereocenters. The first-order valence-electron chi connectivity index (χ1n) is 8.03. The zero-order valence-corrected chi connectivity index (χ0v) is 14.0. The third-order valence-corrected chi connectivity index (χ3v) is 3.87. The Hall–Kier alpha value is -3.00. The fraction of sp³-hybridized carbons (Fsp3) is 0.0909. The van der Waals surface area contributed by atoms with Crippen LogP contribution in [0.3, 0.4) is 0 Å². The lowest BCUT2D eigenvalue weighted by Gasteiger charge is -2.05. The van der Waals surface area contributed by atoms with Crippen molar-refractivity contribution in [2.24, 2.45) is 10.2 Å². The Balaban J connectivity index is 1.97. The fourth-order valence-corrected chi connectivity index (χ4v) is 2.59. The molecule has 3 aromatic rings. The van der Waals surface area contributed by atoms with Gasteiger partial charge in [-0.3, -0.25) is 0 Å². The molecule has 2 nitrogen and oxygen atoms in total. The predicted molar refractivity (Wildman–Crippen MR) is 102 cm³/mol. The molecule has 24 heavy (non-hydrogen) atoms. The Bertz CT molecular complexity index is 821. The minimum atomic E-state index is 0.872. The van der Waals surface area contributed by atoms with Crippen molar-refractivity contribution < 1.29 is 0 Å². The second kappa shape index (κ2) is 7.51. The minimum Gasteiger partial charge on any atom is -0.158 e. The number of hydrogen-bond acceptors (Lipinski definition) is 2. The zero-order chi connectivity index (χ0) is 16.8. The first-order valence-corrected chi connectivity index (χ1v) is 8.03. The molecule has 0 saturated heterocycles. The van der Waals surface area contributed by atoms with Crippen molar-refractivity contribution in [1.82, 2.24) is 0 Å². The number of aryl methyl sites for hydroxylation is 2. The van der Waals surface area contributed by atoms with Crippen molar-refractivity contribution in [3.05, 3.63) is 107 Å². The van der Waals surface area contributed by atoms with Gasteiger partial charge in [0.2, 0.25) is 0 Å². The maximum Gasteiger partial charge on any atom is 0.100 e. The van der Waals surface area contributed by atoms with E-state index < -0.39 is 0 Å². The Morgan fingerprint density at radius 2 is 1.33 bits per heavy atom. The minimum absolute atomic E-state index is 0.872. The van der Waals surface area contributed by atoms with Crippen LogP contribution in [-0.2, 0) is 0 Å². The molecular weight excluding hydrogens is 292 g/mol. The van der Waals surface area contributed by atoms with Gasteiger partial charge in [-0.1, -0.05) is 84.4 Å². The Morgan fingerprint density at radius 3 is 1.88 bits per heavy atom. The van der Waals surface area contributed by atoms with Crippen LogP contribution >= 0.6 is 0 Å². The highest BCUT2D eigenvalue weighted by molar-refractivity contribution is 6.12. The molecule has 0 bridgehead atoms. The SMILES string of the molecule is Cc1ccc(C=NN=C(c2ccccc2)c2ccccc2)c(C)c1. The molecule has 0 aliphatic carbocycles. The van der Waals surface area contributed by atoms with E-state index in [1.807, 2.05) is 42.6 Å². The van der Waals surface area contributed by atoms with Crippen molar-refractivity contribution in [2.75, 3.05) is 0 Å². The standard InChI is InChI=1S/C22H20N2/c1-17-13-14-21(18(2)15-17)16-23-24-22(19-9-5-3-6-10-19)20-11-7-4-8-12-20/h3-16H,1-2H3. The van der Waals surface area contributed by atoms with E-state index >= 15 is 0 Å². The largest absolute Gasteiger partial charge is 0.158 e. The number of rotatable bonds is 4. The van der Waals surface area contributed by atoms with E-state index in [1.165, 1.54) is 11.1 Å². The van der Waals surface area contributed by atoms with Crippen LogP contribution in [-0.4, -0.2) is 11.9 Å². The van der Waals surface area contributed by atoms with Crippen LogP contribution in [0.2, 0.25) is 0 Å². The summed E-state index contributed by atoms with van der Waals surface area (Å²) < 4.78 is 0. The van der Waals surface area contributed by atoms with Gasteiger partial charge in [0.15, 0.2) is 0 Å². The first-order chi connectivity index (χ1) is 11.7. The zero-order valence-electron chi connectivity index (χ0n) is 14.0. The molecule has 0 N–H and O–H groups in total. The van der Waals surface area contributed by atoms with Gasteiger partial charge >= 0.3 is 0 Å². The third kappa shape index (κ3) is 3.85. The molecule has 0 fully saturated rings. The molecule has 2 heteroatoms. The Kier molecular flexibility index (Phi) is 4.97. The summed E-state index contributed by atoms with van der Waals surface area (Å²) >= 11 is 0. The highest BCUT2D eigenvalue weighted by Crippen LogP contribution is 2.12. The van der Waals surface area contributed by atoms with Crippen LogP contribution in [0.15, 0.2) is 89.1 Å². The molecule has 0 spiro atoms. The van der Waals surface area contributed by atoms with Gasteiger partial charge in [0.1, 0.15) is 5.71 Å². The third-order valence-electron chi connectivity index (χ3n) is 3.87. The van der Waals surface area contributed by atoms with Crippen LogP contribution in [0, 0.1) is 13.8 Å². The van der Waals surface area contributed by atoms with Gasteiger partial charge in [-0.25, -0.2) is 0 Å². The molecule has 0 aliphatic rings. The van der Waals surface area contributed by atoms with E-state index in [0.717, 1.165) is 22.4 Å². The summed E-state index contributed by atoms with van der Waals surface area (Å²) in [5.41, 5.74) is 6.53. The smallest absolute Gasteiger partial charge is 0.100 e. The lowest BCUT2D eigenvalue weighted by molar-refractivity contribution is 1.24. The van der Waals surface area contributed by atoms with Crippen molar-refractivity contribution in [1.29, 1.82) is 0 Å². The molecule has 3 rings (SSSR count). The molecule has 0 saturated carbocycles. The van der Waals surface area contributed by atoms with E-state index in [-0.39, 0.29) is 0 Å². The van der Waals surface area contributed by atoms with Crippen molar-refractivity contribution in [2.45, 2.75) is 13.8 Å². The average Bonchev–Trinajstić information content (AvgIpc) is 2.62. The number of nitrogens with zero attached hydrogens (tertiary/aromatic N) is 2. The van der Waals surface area contributed by atoms with Crippen LogP contribution in [0.25, 0.3) is 0 Å². The summed E-state index contributed by atoms with van der Waals surface area (Å²) in [4.78, 5) is 0. The number of hydrogen-bond donors (Lipinski definition) is 0. The quantitative estimate of drug-likeness (QED) is 0.469. The summed E-state index contributed by atoms with van der Waals surface area (Å²) in [6, 6.07) is 26.6. The van der Waals surface area contributed by atoms with Gasteiger partial charge in [-0.05, 0) is 25.0 Å². The Labute approximate surface area is 143 Å². The second-order valence-corrected chi connectivity index (χ2v) is 5.79. The summed E-state index contributed by atoms with van der Waals surface area (Å²) in [5, 5.41) is 8.86. The lowest BCUT2D eigenvalue weighted by atomic mass is 10.0.